The van der Waals surface area contributed by atoms with Crippen LogP contribution in [0.25, 0.3) is 0 Å². The number of halogens is 1. The Kier molecular flexibility index (Phi) is 4.76. The van der Waals surface area contributed by atoms with Crippen LogP contribution in [0.15, 0.2) is 0 Å². The molecule has 0 aromatic rings. The zero-order valence-electron chi connectivity index (χ0n) is 13.0. The fourth-order valence-corrected chi connectivity index (χ4v) is 4.26. The third-order valence-electron chi connectivity index (χ3n) is 5.80. The van der Waals surface area contributed by atoms with Gasteiger partial charge in [0.25, 0.3) is 0 Å². The summed E-state index contributed by atoms with van der Waals surface area (Å²) in [6.45, 7) is 5.96. The van der Waals surface area contributed by atoms with Gasteiger partial charge in [-0.3, -0.25) is 4.79 Å². The van der Waals surface area contributed by atoms with Gasteiger partial charge in [-0.1, -0.05) is 13.8 Å². The molecule has 2 saturated heterocycles. The molecular formula is C15H25ClN2O4. The van der Waals surface area contributed by atoms with E-state index in [4.69, 9.17) is 10.5 Å². The van der Waals surface area contributed by atoms with Crippen LogP contribution in [-0.4, -0.2) is 53.7 Å². The van der Waals surface area contributed by atoms with Crippen molar-refractivity contribution in [3.8, 4) is 0 Å². The number of fused-ring (bicyclic) bond motifs is 1. The van der Waals surface area contributed by atoms with Crippen LogP contribution in [0.3, 0.4) is 0 Å². The Hall–Kier alpha value is -0.850. The maximum atomic E-state index is 12.6. The molecule has 0 bridgehead atoms. The highest BCUT2D eigenvalue weighted by Crippen LogP contribution is 2.64. The molecule has 1 aliphatic carbocycles. The molecular weight excluding hydrogens is 308 g/mol. The minimum absolute atomic E-state index is 0. The molecule has 2 heterocycles. The number of carbonyl (C=O) groups is 2. The highest BCUT2D eigenvalue weighted by atomic mass is 35.5. The molecule has 1 saturated carbocycles. The molecule has 0 radical (unpaired) electrons. The van der Waals surface area contributed by atoms with Crippen LogP contribution >= 0.6 is 12.4 Å². The molecule has 1 amide bonds. The van der Waals surface area contributed by atoms with Gasteiger partial charge in [0.1, 0.15) is 6.04 Å². The summed E-state index contributed by atoms with van der Waals surface area (Å²) >= 11 is 0. The van der Waals surface area contributed by atoms with Crippen LogP contribution in [0, 0.1) is 23.2 Å². The lowest BCUT2D eigenvalue weighted by molar-refractivity contribution is -0.151. The van der Waals surface area contributed by atoms with E-state index < -0.39 is 18.1 Å². The summed E-state index contributed by atoms with van der Waals surface area (Å²) in [5.74, 6) is -0.631. The number of ether oxygens (including phenoxy) is 1. The number of nitrogens with zero attached hydrogens (tertiary/aromatic N) is 1. The Morgan fingerprint density at radius 3 is 2.45 bits per heavy atom. The quantitative estimate of drug-likeness (QED) is 0.794. The number of piperidine rings is 1. The lowest BCUT2D eigenvalue weighted by Crippen LogP contribution is -2.54. The molecule has 22 heavy (non-hydrogen) atoms. The number of carboxylic acid groups (broad SMARTS) is 1. The standard InChI is InChI=1S/C15H24N2O4.ClH/c1-15(2)9-7-17(12(10(9)15)14(19)20)13(18)11(16)8-3-5-21-6-4-8;/h8-12H,3-7,16H2,1-2H3,(H,19,20);1H/t9-,10-,11-,12-;/m0./s1. The molecule has 4 atom stereocenters. The maximum absolute atomic E-state index is 12.6. The van der Waals surface area contributed by atoms with E-state index in [1.807, 2.05) is 0 Å². The number of amides is 1. The molecule has 6 nitrogen and oxygen atoms in total. The smallest absolute Gasteiger partial charge is 0.326 e. The van der Waals surface area contributed by atoms with Crippen molar-refractivity contribution in [2.75, 3.05) is 19.8 Å². The zero-order chi connectivity index (χ0) is 15.4. The van der Waals surface area contributed by atoms with E-state index in [-0.39, 0.29) is 35.6 Å². The topological polar surface area (TPSA) is 92.9 Å². The Morgan fingerprint density at radius 2 is 1.91 bits per heavy atom. The molecule has 126 valence electrons. The fraction of sp³-hybridized carbons (Fsp3) is 0.867. The van der Waals surface area contributed by atoms with Crippen molar-refractivity contribution < 1.29 is 19.4 Å². The number of likely N-dealkylation sites (tertiary alicyclic amines) is 1. The summed E-state index contributed by atoms with van der Waals surface area (Å²) in [4.78, 5) is 25.7. The van der Waals surface area contributed by atoms with Gasteiger partial charge < -0.3 is 20.5 Å². The first kappa shape index (κ1) is 17.5. The van der Waals surface area contributed by atoms with Crippen molar-refractivity contribution in [1.82, 2.24) is 4.90 Å². The van der Waals surface area contributed by atoms with Crippen molar-refractivity contribution in [1.29, 1.82) is 0 Å². The van der Waals surface area contributed by atoms with Crippen LogP contribution in [0.2, 0.25) is 0 Å². The molecule has 0 aromatic carbocycles. The minimum Gasteiger partial charge on any atom is -0.480 e. The van der Waals surface area contributed by atoms with Gasteiger partial charge >= 0.3 is 5.97 Å². The number of hydrogen-bond donors (Lipinski definition) is 2. The Balaban J connectivity index is 0.00000176. The monoisotopic (exact) mass is 332 g/mol. The maximum Gasteiger partial charge on any atom is 0.326 e. The zero-order valence-corrected chi connectivity index (χ0v) is 13.8. The third-order valence-corrected chi connectivity index (χ3v) is 5.80. The normalized spacial score (nSPS) is 34.5. The van der Waals surface area contributed by atoms with Crippen LogP contribution in [0.1, 0.15) is 26.7 Å². The Bertz CT molecular complexity index is 464. The number of hydrogen-bond acceptors (Lipinski definition) is 4. The second-order valence-corrected chi connectivity index (χ2v) is 7.20. The fourth-order valence-electron chi connectivity index (χ4n) is 4.26. The van der Waals surface area contributed by atoms with E-state index >= 15 is 0 Å². The van der Waals surface area contributed by atoms with Gasteiger partial charge in [0.2, 0.25) is 5.91 Å². The Morgan fingerprint density at radius 1 is 1.32 bits per heavy atom. The predicted molar refractivity (Wildman–Crippen MR) is 82.7 cm³/mol. The average Bonchev–Trinajstić information content (AvgIpc) is 2.85. The highest BCUT2D eigenvalue weighted by Gasteiger charge is 2.69. The lowest BCUT2D eigenvalue weighted by atomic mass is 9.90. The number of rotatable bonds is 3. The highest BCUT2D eigenvalue weighted by molar-refractivity contribution is 5.88. The van der Waals surface area contributed by atoms with E-state index in [0.717, 1.165) is 12.8 Å². The molecule has 3 aliphatic rings. The first-order chi connectivity index (χ1) is 9.85. The molecule has 7 heteroatoms. The van der Waals surface area contributed by atoms with E-state index in [1.54, 1.807) is 0 Å². The summed E-state index contributed by atoms with van der Waals surface area (Å²) in [6.07, 6.45) is 1.55. The van der Waals surface area contributed by atoms with Gasteiger partial charge in [-0.25, -0.2) is 4.79 Å². The first-order valence-corrected chi connectivity index (χ1v) is 7.72. The first-order valence-electron chi connectivity index (χ1n) is 7.72. The van der Waals surface area contributed by atoms with Gasteiger partial charge in [0.15, 0.2) is 0 Å². The van der Waals surface area contributed by atoms with Crippen molar-refractivity contribution in [3.63, 3.8) is 0 Å². The van der Waals surface area contributed by atoms with Crippen LogP contribution in [0.4, 0.5) is 0 Å². The number of nitrogens with two attached hydrogens (primary N) is 1. The van der Waals surface area contributed by atoms with Gasteiger partial charge in [-0.2, -0.15) is 0 Å². The van der Waals surface area contributed by atoms with Crippen molar-refractivity contribution in [2.45, 2.75) is 38.8 Å². The van der Waals surface area contributed by atoms with E-state index in [1.165, 1.54) is 4.90 Å². The average molecular weight is 333 g/mol. The van der Waals surface area contributed by atoms with Crippen molar-refractivity contribution in [2.24, 2.45) is 28.9 Å². The van der Waals surface area contributed by atoms with Crippen LogP contribution < -0.4 is 5.73 Å². The van der Waals surface area contributed by atoms with E-state index in [9.17, 15) is 14.7 Å². The summed E-state index contributed by atoms with van der Waals surface area (Å²) < 4.78 is 5.29. The van der Waals surface area contributed by atoms with E-state index in [0.29, 0.717) is 25.7 Å². The summed E-state index contributed by atoms with van der Waals surface area (Å²) in [6, 6.07) is -1.31. The number of carbonyl (C=O) groups excluding carboxylic acids is 1. The van der Waals surface area contributed by atoms with Crippen LogP contribution in [-0.2, 0) is 14.3 Å². The second kappa shape index (κ2) is 5.98. The van der Waals surface area contributed by atoms with Gasteiger partial charge in [-0.05, 0) is 30.1 Å². The molecule has 2 aliphatic heterocycles. The molecule has 3 rings (SSSR count). The number of carboxylic acids is 1. The molecule has 3 N–H and O–H groups in total. The molecule has 0 unspecified atom stereocenters. The van der Waals surface area contributed by atoms with Gasteiger partial charge in [-0.15, -0.1) is 12.4 Å². The molecule has 3 fully saturated rings. The lowest BCUT2D eigenvalue weighted by Gasteiger charge is -2.34. The van der Waals surface area contributed by atoms with Gasteiger partial charge in [0, 0.05) is 25.7 Å². The molecule has 0 aromatic heterocycles. The number of aliphatic carboxylic acids is 1. The van der Waals surface area contributed by atoms with Crippen LogP contribution in [0.5, 0.6) is 0 Å². The summed E-state index contributed by atoms with van der Waals surface area (Å²) in [5, 5.41) is 9.50. The predicted octanol–water partition coefficient (Wildman–Crippen LogP) is 0.730. The summed E-state index contributed by atoms with van der Waals surface area (Å²) in [5.41, 5.74) is 6.15. The minimum atomic E-state index is -0.902. The van der Waals surface area contributed by atoms with Crippen molar-refractivity contribution in [3.05, 3.63) is 0 Å². The SMILES string of the molecule is CC1(C)[C@@H]2[C@@H](C(=O)O)N(C(=O)[C@@H](N)C3CCOCC3)C[C@@H]21.Cl. The van der Waals surface area contributed by atoms with Crippen molar-refractivity contribution >= 4 is 24.3 Å². The third kappa shape index (κ3) is 2.61. The summed E-state index contributed by atoms with van der Waals surface area (Å²) in [7, 11) is 0. The second-order valence-electron chi connectivity index (χ2n) is 7.20. The Labute approximate surface area is 136 Å². The largest absolute Gasteiger partial charge is 0.480 e. The molecule has 0 spiro atoms. The van der Waals surface area contributed by atoms with E-state index in [2.05, 4.69) is 13.8 Å². The van der Waals surface area contributed by atoms with Gasteiger partial charge in [0.05, 0.1) is 6.04 Å².